The number of nitrogens with zero attached hydrogens (tertiary/aromatic N) is 2. The minimum atomic E-state index is 0.224. The second-order valence-corrected chi connectivity index (χ2v) is 7.96. The van der Waals surface area contributed by atoms with E-state index in [9.17, 15) is 0 Å². The van der Waals surface area contributed by atoms with Crippen LogP contribution in [-0.4, -0.2) is 36.1 Å². The molecule has 3 aromatic rings. The van der Waals surface area contributed by atoms with Crippen molar-refractivity contribution in [3.8, 4) is 22.8 Å². The zero-order valence-corrected chi connectivity index (χ0v) is 17.4. The molecule has 148 valence electrons. The monoisotopic (exact) mass is 399 g/mol. The van der Waals surface area contributed by atoms with E-state index in [1.165, 1.54) is 22.5 Å². The number of anilines is 1. The van der Waals surface area contributed by atoms with Gasteiger partial charge in [-0.25, -0.2) is 4.98 Å². The van der Waals surface area contributed by atoms with E-state index in [1.807, 2.05) is 6.07 Å². The van der Waals surface area contributed by atoms with E-state index >= 15 is 0 Å². The Bertz CT molecular complexity index is 979. The minimum Gasteiger partial charge on any atom is -0.454 e. The van der Waals surface area contributed by atoms with Crippen molar-refractivity contribution in [1.29, 1.82) is 0 Å². The molecule has 2 aromatic heterocycles. The third-order valence-corrected chi connectivity index (χ3v) is 5.69. The summed E-state index contributed by atoms with van der Waals surface area (Å²) in [5.74, 6) is 1.64. The normalized spacial score (nSPS) is 13.7. The number of aryl methyl sites for hydroxylation is 1. The highest BCUT2D eigenvalue weighted by atomic mass is 32.1. The average Bonchev–Trinajstić information content (AvgIpc) is 3.37. The fraction of sp³-hybridized carbons (Fsp3) is 0.381. The molecule has 6 nitrogen and oxygen atoms in total. The molecular weight excluding hydrogens is 374 g/mol. The molecule has 7 heteroatoms. The number of hydrogen-bond acceptors (Lipinski definition) is 6. The van der Waals surface area contributed by atoms with E-state index < -0.39 is 0 Å². The van der Waals surface area contributed by atoms with Crippen LogP contribution in [0.25, 0.3) is 11.3 Å². The molecule has 3 heterocycles. The maximum atomic E-state index is 5.51. The van der Waals surface area contributed by atoms with Gasteiger partial charge in [-0.15, -0.1) is 11.3 Å². The zero-order valence-electron chi connectivity index (χ0n) is 16.6. The molecule has 1 aliphatic heterocycles. The van der Waals surface area contributed by atoms with Crippen molar-refractivity contribution in [2.75, 3.05) is 25.8 Å². The van der Waals surface area contributed by atoms with Crippen molar-refractivity contribution in [2.24, 2.45) is 0 Å². The lowest BCUT2D eigenvalue weighted by Gasteiger charge is -2.11. The quantitative estimate of drug-likeness (QED) is 0.636. The zero-order chi connectivity index (χ0) is 19.7. The van der Waals surface area contributed by atoms with Crippen molar-refractivity contribution in [2.45, 2.75) is 33.4 Å². The van der Waals surface area contributed by atoms with Crippen molar-refractivity contribution in [3.63, 3.8) is 0 Å². The van der Waals surface area contributed by atoms with Crippen LogP contribution >= 0.6 is 11.3 Å². The summed E-state index contributed by atoms with van der Waals surface area (Å²) < 4.78 is 18.4. The summed E-state index contributed by atoms with van der Waals surface area (Å²) in [5.41, 5.74) is 5.77. The highest BCUT2D eigenvalue weighted by molar-refractivity contribution is 7.14. The Hall–Kier alpha value is -2.51. The average molecular weight is 400 g/mol. The van der Waals surface area contributed by atoms with Crippen LogP contribution < -0.4 is 14.8 Å². The Kier molecular flexibility index (Phi) is 5.28. The molecule has 1 N–H and O–H groups in total. The van der Waals surface area contributed by atoms with Crippen molar-refractivity contribution in [1.82, 2.24) is 9.55 Å². The number of nitrogens with one attached hydrogen (secondary N) is 1. The van der Waals surface area contributed by atoms with Gasteiger partial charge in [0.2, 0.25) is 6.79 Å². The number of aromatic nitrogens is 2. The standard InChI is InChI=1S/C21H25N3O3S/c1-13(10-25-4)22-21-23-18(11-28-21)17-7-14(2)24(15(17)3)9-16-5-6-19-20(8-16)27-12-26-19/h5-8,11,13H,9-10,12H2,1-4H3,(H,22,23)/t13-/m1/s1. The van der Waals surface area contributed by atoms with E-state index in [2.05, 4.69) is 54.2 Å². The molecular formula is C21H25N3O3S. The summed E-state index contributed by atoms with van der Waals surface area (Å²) in [6.45, 7) is 8.11. The second-order valence-electron chi connectivity index (χ2n) is 7.10. The number of hydrogen-bond donors (Lipinski definition) is 1. The van der Waals surface area contributed by atoms with E-state index in [1.54, 1.807) is 18.4 Å². The van der Waals surface area contributed by atoms with E-state index in [4.69, 9.17) is 19.2 Å². The lowest BCUT2D eigenvalue weighted by Crippen LogP contribution is -2.20. The van der Waals surface area contributed by atoms with Gasteiger partial charge in [0.1, 0.15) is 0 Å². The fourth-order valence-electron chi connectivity index (χ4n) is 3.49. The molecule has 0 bridgehead atoms. The maximum Gasteiger partial charge on any atom is 0.231 e. The number of methoxy groups -OCH3 is 1. The summed E-state index contributed by atoms with van der Waals surface area (Å²) in [4.78, 5) is 4.77. The number of rotatable bonds is 7. The fourth-order valence-corrected chi connectivity index (χ4v) is 4.32. The number of ether oxygens (including phenoxy) is 3. The molecule has 0 aliphatic carbocycles. The predicted octanol–water partition coefficient (Wildman–Crippen LogP) is 4.45. The van der Waals surface area contributed by atoms with E-state index in [0.29, 0.717) is 13.4 Å². The summed E-state index contributed by atoms with van der Waals surface area (Å²) >= 11 is 1.62. The Morgan fingerprint density at radius 1 is 1.25 bits per heavy atom. The molecule has 0 spiro atoms. The Balaban J connectivity index is 1.55. The third-order valence-electron chi connectivity index (χ3n) is 4.92. The van der Waals surface area contributed by atoms with Crippen LogP contribution in [0.4, 0.5) is 5.13 Å². The predicted molar refractivity (Wildman–Crippen MR) is 112 cm³/mol. The van der Waals surface area contributed by atoms with Gasteiger partial charge in [-0.1, -0.05) is 6.07 Å². The van der Waals surface area contributed by atoms with Gasteiger partial charge in [-0.05, 0) is 44.5 Å². The van der Waals surface area contributed by atoms with Gasteiger partial charge in [0.15, 0.2) is 16.6 Å². The first-order valence-electron chi connectivity index (χ1n) is 9.31. The molecule has 0 saturated heterocycles. The summed E-state index contributed by atoms with van der Waals surface area (Å²) in [7, 11) is 1.71. The van der Waals surface area contributed by atoms with Crippen LogP contribution in [0.2, 0.25) is 0 Å². The van der Waals surface area contributed by atoms with Crippen LogP contribution in [0.3, 0.4) is 0 Å². The van der Waals surface area contributed by atoms with Gasteiger partial charge in [0.25, 0.3) is 0 Å². The van der Waals surface area contributed by atoms with E-state index in [-0.39, 0.29) is 6.04 Å². The molecule has 0 unspecified atom stereocenters. The maximum absolute atomic E-state index is 5.51. The number of fused-ring (bicyclic) bond motifs is 1. The van der Waals surface area contributed by atoms with E-state index in [0.717, 1.165) is 28.9 Å². The topological polar surface area (TPSA) is 57.5 Å². The lowest BCUT2D eigenvalue weighted by atomic mass is 10.2. The van der Waals surface area contributed by atoms with Crippen molar-refractivity contribution < 1.29 is 14.2 Å². The summed E-state index contributed by atoms with van der Waals surface area (Å²) in [6.07, 6.45) is 0. The first-order chi connectivity index (χ1) is 13.5. The van der Waals surface area contributed by atoms with Crippen LogP contribution in [0.5, 0.6) is 11.5 Å². The molecule has 0 amide bonds. The van der Waals surface area contributed by atoms with Crippen LogP contribution in [0.1, 0.15) is 23.9 Å². The first-order valence-corrected chi connectivity index (χ1v) is 10.2. The van der Waals surface area contributed by atoms with Gasteiger partial charge < -0.3 is 24.1 Å². The van der Waals surface area contributed by atoms with Crippen LogP contribution in [0.15, 0.2) is 29.6 Å². The molecule has 4 rings (SSSR count). The SMILES string of the molecule is COC[C@@H](C)Nc1nc(-c2cc(C)n(Cc3ccc4c(c3)OCO4)c2C)cs1. The smallest absolute Gasteiger partial charge is 0.231 e. The molecule has 1 aliphatic rings. The highest BCUT2D eigenvalue weighted by Crippen LogP contribution is 2.34. The molecule has 0 fully saturated rings. The Labute approximate surface area is 169 Å². The van der Waals surface area contributed by atoms with Crippen molar-refractivity contribution >= 4 is 16.5 Å². The molecule has 1 atom stereocenters. The highest BCUT2D eigenvalue weighted by Gasteiger charge is 2.17. The van der Waals surface area contributed by atoms with Crippen molar-refractivity contribution in [3.05, 3.63) is 46.6 Å². The lowest BCUT2D eigenvalue weighted by molar-refractivity contribution is 0.174. The largest absolute Gasteiger partial charge is 0.454 e. The molecule has 0 saturated carbocycles. The minimum absolute atomic E-state index is 0.224. The van der Waals surface area contributed by atoms with Crippen LogP contribution in [0, 0.1) is 13.8 Å². The second kappa shape index (κ2) is 7.85. The Morgan fingerprint density at radius 3 is 2.89 bits per heavy atom. The third kappa shape index (κ3) is 3.72. The number of benzene rings is 1. The van der Waals surface area contributed by atoms with Crippen LogP contribution in [-0.2, 0) is 11.3 Å². The summed E-state index contributed by atoms with van der Waals surface area (Å²) in [6, 6.07) is 8.56. The first kappa shape index (κ1) is 18.8. The Morgan fingerprint density at radius 2 is 2.07 bits per heavy atom. The number of thiazole rings is 1. The molecule has 0 radical (unpaired) electrons. The van der Waals surface area contributed by atoms with Gasteiger partial charge in [-0.3, -0.25) is 0 Å². The van der Waals surface area contributed by atoms with Gasteiger partial charge in [0, 0.05) is 42.0 Å². The molecule has 28 heavy (non-hydrogen) atoms. The molecule has 1 aromatic carbocycles. The van der Waals surface area contributed by atoms with Gasteiger partial charge in [0.05, 0.1) is 12.3 Å². The van der Waals surface area contributed by atoms with Gasteiger partial charge in [-0.2, -0.15) is 0 Å². The van der Waals surface area contributed by atoms with Gasteiger partial charge >= 0.3 is 0 Å². The summed E-state index contributed by atoms with van der Waals surface area (Å²) in [5, 5.41) is 6.41.